The molecule has 0 aliphatic rings. The van der Waals surface area contributed by atoms with Crippen molar-refractivity contribution in [1.82, 2.24) is 4.98 Å². The van der Waals surface area contributed by atoms with Gasteiger partial charge in [-0.2, -0.15) is 0 Å². The van der Waals surface area contributed by atoms with Gasteiger partial charge in [0.05, 0.1) is 11.4 Å². The summed E-state index contributed by atoms with van der Waals surface area (Å²) < 4.78 is 0. The maximum atomic E-state index is 5.31. The molecule has 1 heteroatoms. The monoisotopic (exact) mass is 399 g/mol. The van der Waals surface area contributed by atoms with Crippen LogP contribution >= 0.6 is 0 Å². The average Bonchev–Trinajstić information content (AvgIpc) is 2.82. The fourth-order valence-corrected chi connectivity index (χ4v) is 4.26. The van der Waals surface area contributed by atoms with Crippen molar-refractivity contribution in [3.63, 3.8) is 0 Å². The van der Waals surface area contributed by atoms with Gasteiger partial charge in [0.1, 0.15) is 0 Å². The van der Waals surface area contributed by atoms with Gasteiger partial charge in [-0.05, 0) is 47.6 Å². The lowest BCUT2D eigenvalue weighted by Crippen LogP contribution is -2.01. The molecule has 0 fully saturated rings. The van der Waals surface area contributed by atoms with Crippen LogP contribution in [0.15, 0.2) is 103 Å². The zero-order chi connectivity index (χ0) is 21.2. The summed E-state index contributed by atoms with van der Waals surface area (Å²) in [6.07, 6.45) is 0.853. The smallest absolute Gasteiger partial charge is 0.0788 e. The quantitative estimate of drug-likeness (QED) is 0.301. The maximum Gasteiger partial charge on any atom is 0.0788 e. The molecule has 0 aliphatic carbocycles. The second-order valence-electron chi connectivity index (χ2n) is 8.16. The summed E-state index contributed by atoms with van der Waals surface area (Å²) in [4.78, 5) is 5.31. The first-order chi connectivity index (χ1) is 15.2. The maximum absolute atomic E-state index is 5.31. The van der Waals surface area contributed by atoms with Crippen molar-refractivity contribution in [2.45, 2.75) is 20.3 Å². The Morgan fingerprint density at radius 3 is 1.61 bits per heavy atom. The van der Waals surface area contributed by atoms with Crippen LogP contribution < -0.4 is 0 Å². The number of hydrogen-bond acceptors (Lipinski definition) is 1. The number of aryl methyl sites for hydroxylation is 2. The Morgan fingerprint density at radius 2 is 1.03 bits per heavy atom. The van der Waals surface area contributed by atoms with Crippen LogP contribution in [0.3, 0.4) is 0 Å². The Kier molecular flexibility index (Phi) is 5.09. The van der Waals surface area contributed by atoms with Crippen LogP contribution in [-0.2, 0) is 6.42 Å². The molecule has 0 aliphatic heterocycles. The SMILES string of the molecule is Cc1cc2c(-c3ccccc3)nc(-c3ccccc3)c(Cc3ccccc3)c2cc1C. The highest BCUT2D eigenvalue weighted by Gasteiger charge is 2.18. The number of benzene rings is 4. The Morgan fingerprint density at radius 1 is 0.548 bits per heavy atom. The van der Waals surface area contributed by atoms with Crippen LogP contribution in [0.25, 0.3) is 33.3 Å². The summed E-state index contributed by atoms with van der Waals surface area (Å²) in [6.45, 7) is 4.39. The van der Waals surface area contributed by atoms with Gasteiger partial charge in [0, 0.05) is 22.9 Å². The third-order valence-corrected chi connectivity index (χ3v) is 6.04. The molecule has 0 spiro atoms. The molecule has 4 aromatic carbocycles. The van der Waals surface area contributed by atoms with E-state index in [0.29, 0.717) is 0 Å². The minimum absolute atomic E-state index is 0.853. The molecular weight excluding hydrogens is 374 g/mol. The zero-order valence-corrected chi connectivity index (χ0v) is 18.0. The van der Waals surface area contributed by atoms with Crippen LogP contribution in [-0.4, -0.2) is 4.98 Å². The normalized spacial score (nSPS) is 11.0. The van der Waals surface area contributed by atoms with E-state index in [2.05, 4.69) is 117 Å². The zero-order valence-electron chi connectivity index (χ0n) is 18.0. The molecule has 1 heterocycles. The number of hydrogen-bond donors (Lipinski definition) is 0. The number of fused-ring (bicyclic) bond motifs is 1. The molecule has 5 aromatic rings. The molecule has 0 saturated carbocycles. The molecule has 0 unspecified atom stereocenters. The van der Waals surface area contributed by atoms with E-state index in [1.54, 1.807) is 0 Å². The van der Waals surface area contributed by atoms with Crippen molar-refractivity contribution in [2.75, 3.05) is 0 Å². The first-order valence-electron chi connectivity index (χ1n) is 10.8. The van der Waals surface area contributed by atoms with E-state index >= 15 is 0 Å². The van der Waals surface area contributed by atoms with E-state index in [4.69, 9.17) is 4.98 Å². The third kappa shape index (κ3) is 3.75. The average molecular weight is 400 g/mol. The lowest BCUT2D eigenvalue weighted by Gasteiger charge is -2.18. The highest BCUT2D eigenvalue weighted by atomic mass is 14.7. The van der Waals surface area contributed by atoms with E-state index in [1.807, 2.05) is 0 Å². The highest BCUT2D eigenvalue weighted by Crippen LogP contribution is 2.37. The van der Waals surface area contributed by atoms with E-state index in [0.717, 1.165) is 28.9 Å². The summed E-state index contributed by atoms with van der Waals surface area (Å²) in [6, 6.07) is 36.5. The van der Waals surface area contributed by atoms with Crippen LogP contribution in [0.2, 0.25) is 0 Å². The van der Waals surface area contributed by atoms with Crippen LogP contribution in [0, 0.1) is 13.8 Å². The van der Waals surface area contributed by atoms with Crippen molar-refractivity contribution in [2.24, 2.45) is 0 Å². The lowest BCUT2D eigenvalue weighted by atomic mass is 9.90. The van der Waals surface area contributed by atoms with Crippen molar-refractivity contribution < 1.29 is 0 Å². The van der Waals surface area contributed by atoms with E-state index in [-0.39, 0.29) is 0 Å². The second kappa shape index (κ2) is 8.20. The van der Waals surface area contributed by atoms with Crippen LogP contribution in [0.5, 0.6) is 0 Å². The van der Waals surface area contributed by atoms with Crippen molar-refractivity contribution in [3.8, 4) is 22.5 Å². The summed E-state index contributed by atoms with van der Waals surface area (Å²) in [5.74, 6) is 0. The van der Waals surface area contributed by atoms with Crippen molar-refractivity contribution >= 4 is 10.8 Å². The molecule has 0 atom stereocenters. The number of nitrogens with zero attached hydrogens (tertiary/aromatic N) is 1. The Bertz CT molecular complexity index is 1340. The summed E-state index contributed by atoms with van der Waals surface area (Å²) >= 11 is 0. The standard InChI is InChI=1S/C30H25N/c1-21-18-26-27(19-22(21)2)29(24-14-8-4-9-15-24)31-30(25-16-10-5-11-17-25)28(26)20-23-12-6-3-7-13-23/h3-19H,20H2,1-2H3. The second-order valence-corrected chi connectivity index (χ2v) is 8.16. The largest absolute Gasteiger partial charge is 0.247 e. The number of pyridine rings is 1. The third-order valence-electron chi connectivity index (χ3n) is 6.04. The van der Waals surface area contributed by atoms with Gasteiger partial charge < -0.3 is 0 Å². The van der Waals surface area contributed by atoms with E-state index < -0.39 is 0 Å². The molecule has 0 amide bonds. The summed E-state index contributed by atoms with van der Waals surface area (Å²) in [5, 5.41) is 2.51. The Balaban J connectivity index is 1.87. The Labute approximate surface area is 184 Å². The minimum Gasteiger partial charge on any atom is -0.247 e. The highest BCUT2D eigenvalue weighted by molar-refractivity contribution is 6.00. The van der Waals surface area contributed by atoms with Gasteiger partial charge in [0.15, 0.2) is 0 Å². The predicted molar refractivity (Wildman–Crippen MR) is 131 cm³/mol. The lowest BCUT2D eigenvalue weighted by molar-refractivity contribution is 1.17. The van der Waals surface area contributed by atoms with Gasteiger partial charge in [0.25, 0.3) is 0 Å². The molecule has 5 rings (SSSR count). The topological polar surface area (TPSA) is 12.9 Å². The molecule has 0 saturated heterocycles. The van der Waals surface area contributed by atoms with Gasteiger partial charge in [-0.25, -0.2) is 4.98 Å². The number of rotatable bonds is 4. The van der Waals surface area contributed by atoms with Crippen LogP contribution in [0.1, 0.15) is 22.3 Å². The Hall–Kier alpha value is -3.71. The van der Waals surface area contributed by atoms with E-state index in [1.165, 1.54) is 33.0 Å². The van der Waals surface area contributed by atoms with E-state index in [9.17, 15) is 0 Å². The van der Waals surface area contributed by atoms with Crippen molar-refractivity contribution in [1.29, 1.82) is 0 Å². The fraction of sp³-hybridized carbons (Fsp3) is 0.100. The van der Waals surface area contributed by atoms with Gasteiger partial charge >= 0.3 is 0 Å². The van der Waals surface area contributed by atoms with Gasteiger partial charge in [-0.1, -0.05) is 97.1 Å². The molecule has 31 heavy (non-hydrogen) atoms. The van der Waals surface area contributed by atoms with Crippen LogP contribution in [0.4, 0.5) is 0 Å². The molecule has 0 radical (unpaired) electrons. The minimum atomic E-state index is 0.853. The fourth-order valence-electron chi connectivity index (χ4n) is 4.26. The summed E-state index contributed by atoms with van der Waals surface area (Å²) in [7, 11) is 0. The molecule has 0 N–H and O–H groups in total. The molecular formula is C30H25N. The van der Waals surface area contributed by atoms with Gasteiger partial charge in [0.2, 0.25) is 0 Å². The number of aromatic nitrogens is 1. The molecule has 150 valence electrons. The predicted octanol–water partition coefficient (Wildman–Crippen LogP) is 7.78. The van der Waals surface area contributed by atoms with Crippen molar-refractivity contribution in [3.05, 3.63) is 125 Å². The van der Waals surface area contributed by atoms with Gasteiger partial charge in [-0.3, -0.25) is 0 Å². The molecule has 1 nitrogen and oxygen atoms in total. The van der Waals surface area contributed by atoms with Gasteiger partial charge in [-0.15, -0.1) is 0 Å². The first kappa shape index (κ1) is 19.3. The summed E-state index contributed by atoms with van der Waals surface area (Å²) in [5.41, 5.74) is 9.62. The first-order valence-corrected chi connectivity index (χ1v) is 10.8. The molecule has 1 aromatic heterocycles. The molecule has 0 bridgehead atoms.